The molecule has 0 saturated carbocycles. The van der Waals surface area contributed by atoms with Crippen LogP contribution in [0.25, 0.3) is 0 Å². The Hall–Kier alpha value is -1.46. The van der Waals surface area contributed by atoms with Crippen molar-refractivity contribution in [3.8, 4) is 0 Å². The van der Waals surface area contributed by atoms with Crippen LogP contribution in [0.15, 0.2) is 24.3 Å². The van der Waals surface area contributed by atoms with E-state index in [0.29, 0.717) is 0 Å². The van der Waals surface area contributed by atoms with Gasteiger partial charge in [0, 0.05) is 18.1 Å². The third kappa shape index (κ3) is 2.99. The third-order valence-corrected chi connectivity index (χ3v) is 3.74. The Balaban J connectivity index is 2.27. The quantitative estimate of drug-likeness (QED) is 0.623. The summed E-state index contributed by atoms with van der Waals surface area (Å²) in [5, 5.41) is 10.7. The first kappa shape index (κ1) is 14.9. The first-order valence-corrected chi connectivity index (χ1v) is 6.94. The van der Waals surface area contributed by atoms with Crippen LogP contribution in [0.5, 0.6) is 0 Å². The Bertz CT molecular complexity index is 483. The molecule has 3 atom stereocenters. The molecule has 0 N–H and O–H groups in total. The molecule has 1 saturated heterocycles. The summed E-state index contributed by atoms with van der Waals surface area (Å²) in [4.78, 5) is 10.3. The fourth-order valence-corrected chi connectivity index (χ4v) is 2.72. The largest absolute Gasteiger partial charge is 0.347 e. The van der Waals surface area contributed by atoms with Gasteiger partial charge in [-0.15, -0.1) is 0 Å². The molecule has 5 nitrogen and oxygen atoms in total. The van der Waals surface area contributed by atoms with Crippen LogP contribution in [0.3, 0.4) is 0 Å². The van der Waals surface area contributed by atoms with Crippen molar-refractivity contribution in [2.24, 2.45) is 5.92 Å². The number of rotatable bonds is 3. The summed E-state index contributed by atoms with van der Waals surface area (Å²) in [5.41, 5.74) is 1.05. The topological polar surface area (TPSA) is 61.6 Å². The standard InChI is InChI=1S/C15H21NO4/c1-5-13-10(2)14(20-15(3,4)19-13)11-6-8-12(9-7-11)16(17)18/h6-10,13-14H,5H2,1-4H3/t10-,13-,14+/m1/s1. The van der Waals surface area contributed by atoms with Crippen LogP contribution in [0.1, 0.15) is 45.8 Å². The number of non-ortho nitro benzene ring substituents is 1. The van der Waals surface area contributed by atoms with Gasteiger partial charge in [-0.2, -0.15) is 0 Å². The average molecular weight is 279 g/mol. The Morgan fingerprint density at radius 3 is 2.35 bits per heavy atom. The van der Waals surface area contributed by atoms with Crippen LogP contribution in [0.4, 0.5) is 5.69 Å². The van der Waals surface area contributed by atoms with Crippen LogP contribution < -0.4 is 0 Å². The maximum atomic E-state index is 10.7. The Morgan fingerprint density at radius 1 is 1.25 bits per heavy atom. The van der Waals surface area contributed by atoms with Crippen molar-refractivity contribution in [1.82, 2.24) is 0 Å². The summed E-state index contributed by atoms with van der Waals surface area (Å²) in [7, 11) is 0. The summed E-state index contributed by atoms with van der Waals surface area (Å²) in [6.07, 6.45) is 0.931. The molecule has 20 heavy (non-hydrogen) atoms. The van der Waals surface area contributed by atoms with E-state index in [1.165, 1.54) is 12.1 Å². The van der Waals surface area contributed by atoms with Crippen LogP contribution >= 0.6 is 0 Å². The zero-order chi connectivity index (χ0) is 14.9. The van der Waals surface area contributed by atoms with Crippen molar-refractivity contribution in [3.05, 3.63) is 39.9 Å². The summed E-state index contributed by atoms with van der Waals surface area (Å²) in [5.74, 6) is -0.436. The van der Waals surface area contributed by atoms with E-state index in [0.717, 1.165) is 12.0 Å². The first-order chi connectivity index (χ1) is 9.34. The lowest BCUT2D eigenvalue weighted by molar-refractivity contribution is -0.384. The van der Waals surface area contributed by atoms with Crippen molar-refractivity contribution in [2.45, 2.75) is 52.1 Å². The highest BCUT2D eigenvalue weighted by molar-refractivity contribution is 5.34. The molecule has 5 heteroatoms. The number of ether oxygens (including phenoxy) is 2. The first-order valence-electron chi connectivity index (χ1n) is 6.94. The second kappa shape index (κ2) is 5.50. The van der Waals surface area contributed by atoms with Gasteiger partial charge in [-0.1, -0.05) is 13.8 Å². The Labute approximate surface area is 119 Å². The van der Waals surface area contributed by atoms with E-state index in [1.807, 2.05) is 13.8 Å². The summed E-state index contributed by atoms with van der Waals surface area (Å²) in [6, 6.07) is 6.59. The van der Waals surface area contributed by atoms with Gasteiger partial charge in [-0.3, -0.25) is 10.1 Å². The van der Waals surface area contributed by atoms with Crippen LogP contribution in [0, 0.1) is 16.0 Å². The molecule has 110 valence electrons. The minimum absolute atomic E-state index is 0.0970. The monoisotopic (exact) mass is 279 g/mol. The molecule has 0 aromatic heterocycles. The molecule has 1 aliphatic heterocycles. The molecule has 1 fully saturated rings. The maximum absolute atomic E-state index is 10.7. The SMILES string of the molecule is CC[C@H]1OC(C)(C)O[C@H](c2ccc([N+](=O)[O-])cc2)[C@@H]1C. The minimum atomic E-state index is -0.639. The van der Waals surface area contributed by atoms with E-state index >= 15 is 0 Å². The lowest BCUT2D eigenvalue weighted by Gasteiger charge is -2.45. The highest BCUT2D eigenvalue weighted by Crippen LogP contribution is 2.41. The van der Waals surface area contributed by atoms with E-state index in [2.05, 4.69) is 13.8 Å². The van der Waals surface area contributed by atoms with Gasteiger partial charge in [0.25, 0.3) is 5.69 Å². The molecule has 1 heterocycles. The van der Waals surface area contributed by atoms with Gasteiger partial charge in [0.1, 0.15) is 0 Å². The molecule has 0 amide bonds. The van der Waals surface area contributed by atoms with Gasteiger partial charge < -0.3 is 9.47 Å². The van der Waals surface area contributed by atoms with Crippen molar-refractivity contribution in [3.63, 3.8) is 0 Å². The number of nitro benzene ring substituents is 1. The number of hydrogen-bond donors (Lipinski definition) is 0. The van der Waals surface area contributed by atoms with Crippen molar-refractivity contribution < 1.29 is 14.4 Å². The van der Waals surface area contributed by atoms with Gasteiger partial charge in [-0.25, -0.2) is 0 Å². The van der Waals surface area contributed by atoms with Crippen molar-refractivity contribution in [1.29, 1.82) is 0 Å². The average Bonchev–Trinajstić information content (AvgIpc) is 2.41. The van der Waals surface area contributed by atoms with Gasteiger partial charge in [-0.05, 0) is 38.0 Å². The number of hydrogen-bond acceptors (Lipinski definition) is 4. The van der Waals surface area contributed by atoms with Gasteiger partial charge in [0.05, 0.1) is 17.1 Å². The molecule has 0 bridgehead atoms. The molecule has 0 spiro atoms. The van der Waals surface area contributed by atoms with E-state index < -0.39 is 10.7 Å². The highest BCUT2D eigenvalue weighted by Gasteiger charge is 2.40. The lowest BCUT2D eigenvalue weighted by Crippen LogP contribution is -2.46. The van der Waals surface area contributed by atoms with Gasteiger partial charge in [0.2, 0.25) is 0 Å². The molecule has 0 aliphatic carbocycles. The van der Waals surface area contributed by atoms with E-state index in [9.17, 15) is 10.1 Å². The Kier molecular flexibility index (Phi) is 4.11. The summed E-state index contributed by atoms with van der Waals surface area (Å²) in [6.45, 7) is 7.99. The second-order valence-corrected chi connectivity index (χ2v) is 5.71. The molecule has 1 aromatic carbocycles. The van der Waals surface area contributed by atoms with Crippen LogP contribution in [-0.2, 0) is 9.47 Å². The molecule has 0 unspecified atom stereocenters. The number of nitrogens with zero attached hydrogens (tertiary/aromatic N) is 1. The summed E-state index contributed by atoms with van der Waals surface area (Å²) >= 11 is 0. The zero-order valence-electron chi connectivity index (χ0n) is 12.3. The summed E-state index contributed by atoms with van der Waals surface area (Å²) < 4.78 is 11.9. The van der Waals surface area contributed by atoms with E-state index in [1.54, 1.807) is 12.1 Å². The predicted molar refractivity (Wildman–Crippen MR) is 75.3 cm³/mol. The molecular formula is C15H21NO4. The highest BCUT2D eigenvalue weighted by atomic mass is 16.7. The zero-order valence-corrected chi connectivity index (χ0v) is 12.3. The second-order valence-electron chi connectivity index (χ2n) is 5.71. The number of benzene rings is 1. The third-order valence-electron chi connectivity index (χ3n) is 3.74. The molecule has 1 aromatic rings. The van der Waals surface area contributed by atoms with Crippen molar-refractivity contribution in [2.75, 3.05) is 0 Å². The van der Waals surface area contributed by atoms with E-state index in [4.69, 9.17) is 9.47 Å². The van der Waals surface area contributed by atoms with E-state index in [-0.39, 0.29) is 23.8 Å². The van der Waals surface area contributed by atoms with Gasteiger partial charge >= 0.3 is 0 Å². The predicted octanol–water partition coefficient (Wildman–Crippen LogP) is 3.83. The maximum Gasteiger partial charge on any atom is 0.269 e. The molecular weight excluding hydrogens is 258 g/mol. The molecule has 0 radical (unpaired) electrons. The van der Waals surface area contributed by atoms with Crippen LogP contribution in [0.2, 0.25) is 0 Å². The minimum Gasteiger partial charge on any atom is -0.347 e. The fourth-order valence-electron chi connectivity index (χ4n) is 2.72. The fraction of sp³-hybridized carbons (Fsp3) is 0.600. The Morgan fingerprint density at radius 2 is 1.85 bits per heavy atom. The van der Waals surface area contributed by atoms with Crippen LogP contribution in [-0.4, -0.2) is 16.8 Å². The lowest BCUT2D eigenvalue weighted by atomic mass is 9.89. The van der Waals surface area contributed by atoms with Crippen molar-refractivity contribution >= 4 is 5.69 Å². The van der Waals surface area contributed by atoms with Gasteiger partial charge in [0.15, 0.2) is 5.79 Å². The smallest absolute Gasteiger partial charge is 0.269 e. The molecule has 2 rings (SSSR count). The normalized spacial score (nSPS) is 29.1. The number of nitro groups is 1. The molecule has 1 aliphatic rings.